The number of halogens is 2. The van der Waals surface area contributed by atoms with Crippen LogP contribution in [0.5, 0.6) is 5.75 Å². The number of nitrogens with zero attached hydrogens (tertiary/aromatic N) is 2. The third-order valence-electron chi connectivity index (χ3n) is 5.15. The lowest BCUT2D eigenvalue weighted by Gasteiger charge is -2.19. The zero-order valence-corrected chi connectivity index (χ0v) is 21.2. The smallest absolute Gasteiger partial charge is 0.191 e. The second-order valence-electron chi connectivity index (χ2n) is 8.29. The fourth-order valence-corrected chi connectivity index (χ4v) is 3.27. The van der Waals surface area contributed by atoms with Crippen molar-refractivity contribution in [3.05, 3.63) is 65.0 Å². The normalized spacial score (nSPS) is 14.7. The Morgan fingerprint density at radius 1 is 1.19 bits per heavy atom. The third-order valence-corrected chi connectivity index (χ3v) is 5.15. The Morgan fingerprint density at radius 2 is 1.94 bits per heavy atom. The fourth-order valence-electron chi connectivity index (χ4n) is 3.27. The summed E-state index contributed by atoms with van der Waals surface area (Å²) in [7, 11) is 5.86. The Morgan fingerprint density at radius 3 is 2.58 bits per heavy atom. The van der Waals surface area contributed by atoms with Gasteiger partial charge in [0.05, 0.1) is 12.6 Å². The minimum absolute atomic E-state index is 0. The molecule has 0 aromatic heterocycles. The lowest BCUT2D eigenvalue weighted by molar-refractivity contribution is 0.285. The molecule has 1 aliphatic carbocycles. The summed E-state index contributed by atoms with van der Waals surface area (Å²) in [6.45, 7) is 4.17. The highest BCUT2D eigenvalue weighted by molar-refractivity contribution is 14.0. The fraction of sp³-hybridized carbons (Fsp3) is 0.458. The third kappa shape index (κ3) is 8.29. The van der Waals surface area contributed by atoms with E-state index in [4.69, 9.17) is 4.74 Å². The largest absolute Gasteiger partial charge is 0.490 e. The number of hydrogen-bond acceptors (Lipinski definition) is 3. The summed E-state index contributed by atoms with van der Waals surface area (Å²) in [5.41, 5.74) is 3.31. The molecule has 1 fully saturated rings. The van der Waals surface area contributed by atoms with Gasteiger partial charge in [0.2, 0.25) is 0 Å². The zero-order chi connectivity index (χ0) is 21.5. The maximum atomic E-state index is 14.4. The number of hydrogen-bond donors (Lipinski definition) is 2. The van der Waals surface area contributed by atoms with Crippen molar-refractivity contribution in [2.45, 2.75) is 38.9 Å². The summed E-state index contributed by atoms with van der Waals surface area (Å²) in [6.07, 6.45) is 2.37. The van der Waals surface area contributed by atoms with Crippen molar-refractivity contribution in [3.8, 4) is 5.75 Å². The molecule has 3 rings (SSSR count). The summed E-state index contributed by atoms with van der Waals surface area (Å²) in [4.78, 5) is 6.45. The summed E-state index contributed by atoms with van der Waals surface area (Å²) in [5.74, 6) is 1.29. The number of aliphatic imine (C=N–C) groups is 1. The Kier molecular flexibility index (Phi) is 10.0. The van der Waals surface area contributed by atoms with Gasteiger partial charge in [0.15, 0.2) is 17.5 Å². The van der Waals surface area contributed by atoms with Crippen molar-refractivity contribution in [1.29, 1.82) is 0 Å². The van der Waals surface area contributed by atoms with Crippen LogP contribution < -0.4 is 15.4 Å². The summed E-state index contributed by atoms with van der Waals surface area (Å²) in [6, 6.07) is 13.6. The van der Waals surface area contributed by atoms with Gasteiger partial charge in [-0.3, -0.25) is 4.99 Å². The second-order valence-corrected chi connectivity index (χ2v) is 8.29. The number of benzene rings is 2. The molecular weight excluding hydrogens is 506 g/mol. The predicted molar refractivity (Wildman–Crippen MR) is 136 cm³/mol. The topological polar surface area (TPSA) is 48.9 Å². The monoisotopic (exact) mass is 540 g/mol. The van der Waals surface area contributed by atoms with Crippen LogP contribution in [0.3, 0.4) is 0 Å². The van der Waals surface area contributed by atoms with E-state index < -0.39 is 0 Å². The highest BCUT2D eigenvalue weighted by Gasteiger charge is 2.22. The van der Waals surface area contributed by atoms with E-state index in [0.29, 0.717) is 30.8 Å². The van der Waals surface area contributed by atoms with Gasteiger partial charge in [-0.15, -0.1) is 24.0 Å². The maximum absolute atomic E-state index is 14.4. The van der Waals surface area contributed by atoms with Crippen LogP contribution in [-0.4, -0.2) is 38.6 Å². The molecule has 0 heterocycles. The summed E-state index contributed by atoms with van der Waals surface area (Å²) >= 11 is 0. The first-order valence-electron chi connectivity index (χ1n) is 10.6. The van der Waals surface area contributed by atoms with Crippen LogP contribution in [0.15, 0.2) is 47.5 Å². The van der Waals surface area contributed by atoms with Gasteiger partial charge < -0.3 is 20.3 Å². The average Bonchev–Trinajstić information content (AvgIpc) is 3.54. The lowest BCUT2D eigenvalue weighted by Crippen LogP contribution is -2.38. The first-order valence-corrected chi connectivity index (χ1v) is 10.6. The average molecular weight is 540 g/mol. The van der Waals surface area contributed by atoms with Crippen LogP contribution in [-0.2, 0) is 13.1 Å². The van der Waals surface area contributed by atoms with Gasteiger partial charge in [-0.2, -0.15) is 0 Å². The van der Waals surface area contributed by atoms with E-state index in [1.165, 1.54) is 30.0 Å². The lowest BCUT2D eigenvalue weighted by atomic mass is 10.1. The van der Waals surface area contributed by atoms with Gasteiger partial charge in [0.1, 0.15) is 0 Å². The zero-order valence-electron chi connectivity index (χ0n) is 18.8. The van der Waals surface area contributed by atoms with E-state index in [-0.39, 0.29) is 35.8 Å². The van der Waals surface area contributed by atoms with Crippen LogP contribution in [0, 0.1) is 11.7 Å². The van der Waals surface area contributed by atoms with Crippen molar-refractivity contribution >= 4 is 29.9 Å². The molecule has 0 radical (unpaired) electrons. The molecule has 1 unspecified atom stereocenters. The van der Waals surface area contributed by atoms with E-state index in [9.17, 15) is 4.39 Å². The van der Waals surface area contributed by atoms with Crippen molar-refractivity contribution < 1.29 is 9.13 Å². The van der Waals surface area contributed by atoms with Crippen molar-refractivity contribution in [2.75, 3.05) is 27.7 Å². The number of guanidine groups is 1. The predicted octanol–water partition coefficient (Wildman–Crippen LogP) is 4.72. The molecule has 1 saturated carbocycles. The molecule has 170 valence electrons. The van der Waals surface area contributed by atoms with Crippen molar-refractivity contribution in [3.63, 3.8) is 0 Å². The SMILES string of the molecule is CN=C(NCc1cccc(CN(C)C)c1)NC(C)c1ccc(OCC2CC2)c(F)c1.I. The number of rotatable bonds is 9. The Hall–Kier alpha value is -1.87. The number of ether oxygens (including phenoxy) is 1. The van der Waals surface area contributed by atoms with Crippen LogP contribution in [0.4, 0.5) is 4.39 Å². The Labute approximate surface area is 202 Å². The highest BCUT2D eigenvalue weighted by atomic mass is 127. The summed E-state index contributed by atoms with van der Waals surface area (Å²) in [5, 5.41) is 6.67. The molecule has 0 aliphatic heterocycles. The Bertz CT molecular complexity index is 870. The maximum Gasteiger partial charge on any atom is 0.191 e. The van der Waals surface area contributed by atoms with E-state index in [2.05, 4.69) is 58.9 Å². The molecule has 0 bridgehead atoms. The molecule has 7 heteroatoms. The van der Waals surface area contributed by atoms with Crippen molar-refractivity contribution in [1.82, 2.24) is 15.5 Å². The molecular formula is C24H34FIN4O. The molecule has 1 aliphatic rings. The van der Waals surface area contributed by atoms with Gasteiger partial charge in [-0.1, -0.05) is 30.3 Å². The molecule has 1 atom stereocenters. The van der Waals surface area contributed by atoms with Gasteiger partial charge in [0, 0.05) is 20.1 Å². The van der Waals surface area contributed by atoms with Gasteiger partial charge in [-0.25, -0.2) is 4.39 Å². The van der Waals surface area contributed by atoms with Crippen LogP contribution in [0.25, 0.3) is 0 Å². The van der Waals surface area contributed by atoms with E-state index in [1.54, 1.807) is 13.1 Å². The standard InChI is InChI=1S/C24H33FN4O.HI/c1-17(21-10-11-23(22(25)13-21)30-16-18-8-9-18)28-24(26-2)27-14-19-6-5-7-20(12-19)15-29(3)4;/h5-7,10-13,17-18H,8-9,14-16H2,1-4H3,(H2,26,27,28);1H. The van der Waals surface area contributed by atoms with Crippen molar-refractivity contribution in [2.24, 2.45) is 10.9 Å². The molecule has 31 heavy (non-hydrogen) atoms. The first kappa shape index (κ1) is 25.4. The van der Waals surface area contributed by atoms with Crippen LogP contribution in [0.1, 0.15) is 42.5 Å². The van der Waals surface area contributed by atoms with Gasteiger partial charge in [0.25, 0.3) is 0 Å². The van der Waals surface area contributed by atoms with Crippen LogP contribution in [0.2, 0.25) is 0 Å². The van der Waals surface area contributed by atoms with Gasteiger partial charge in [-0.05, 0) is 68.6 Å². The van der Waals surface area contributed by atoms with E-state index in [0.717, 1.165) is 12.1 Å². The molecule has 0 spiro atoms. The summed E-state index contributed by atoms with van der Waals surface area (Å²) < 4.78 is 20.0. The quantitative estimate of drug-likeness (QED) is 0.275. The molecule has 2 aromatic rings. The van der Waals surface area contributed by atoms with Crippen LogP contribution >= 0.6 is 24.0 Å². The second kappa shape index (κ2) is 12.2. The van der Waals surface area contributed by atoms with Gasteiger partial charge >= 0.3 is 0 Å². The Balaban J connectivity index is 0.00000341. The number of nitrogens with one attached hydrogen (secondary N) is 2. The minimum Gasteiger partial charge on any atom is -0.490 e. The molecule has 2 N–H and O–H groups in total. The molecule has 0 amide bonds. The molecule has 5 nitrogen and oxygen atoms in total. The van der Waals surface area contributed by atoms with E-state index >= 15 is 0 Å². The first-order chi connectivity index (χ1) is 14.4. The molecule has 0 saturated heterocycles. The minimum atomic E-state index is -0.317. The molecule has 2 aromatic carbocycles. The highest BCUT2D eigenvalue weighted by Crippen LogP contribution is 2.30. The van der Waals surface area contributed by atoms with E-state index in [1.807, 2.05) is 13.0 Å².